The van der Waals surface area contributed by atoms with Gasteiger partial charge in [-0.3, -0.25) is 9.35 Å². The van der Waals surface area contributed by atoms with Crippen LogP contribution >= 0.6 is 0 Å². The lowest BCUT2D eigenvalue weighted by Crippen LogP contribution is -2.63. The van der Waals surface area contributed by atoms with Crippen molar-refractivity contribution in [2.45, 2.75) is 164 Å². The zero-order chi connectivity index (χ0) is 34.2. The van der Waals surface area contributed by atoms with Crippen molar-refractivity contribution < 1.29 is 71.5 Å². The van der Waals surface area contributed by atoms with Gasteiger partial charge in [-0.2, -0.15) is 8.42 Å². The highest BCUT2D eigenvalue weighted by molar-refractivity contribution is 7.80. The average molecular weight is 689 g/mol. The van der Waals surface area contributed by atoms with Gasteiger partial charge < -0.3 is 49.6 Å². The summed E-state index contributed by atoms with van der Waals surface area (Å²) in [4.78, 5) is 12.3. The number of unbranched alkanes of at least 4 members (excludes halogenated alkanes) is 14. The van der Waals surface area contributed by atoms with Crippen molar-refractivity contribution in [2.24, 2.45) is 0 Å². The van der Waals surface area contributed by atoms with E-state index in [1.165, 1.54) is 70.6 Å². The largest absolute Gasteiger partial charge is 0.463 e. The molecular formula is C30H56O15S. The first-order valence-electron chi connectivity index (χ1n) is 16.6. The summed E-state index contributed by atoms with van der Waals surface area (Å²) in [7, 11) is -5.11. The lowest BCUT2D eigenvalue weighted by atomic mass is 9.99. The van der Waals surface area contributed by atoms with Crippen LogP contribution in [0.1, 0.15) is 110 Å². The van der Waals surface area contributed by atoms with E-state index in [-0.39, 0.29) is 6.42 Å². The summed E-state index contributed by atoms with van der Waals surface area (Å²) >= 11 is 0. The standard InChI is InChI=1S/C30H56O15S/c1-2-3-4-5-6-7-8-9-10-11-12-13-14-15-16-17-23(32)41-19-22-24(33)26(35)27(36)29(43-22)45-30(20-42-46(38,39)40)28(37)25(34)21(18-31)44-30/h21-22,24-29,31,33-37H,2-20H2,1H3,(H,38,39,40)/t21-,22-,24-,25-,26+,27-,28+,29-,30+/m1/s1. The Morgan fingerprint density at radius 2 is 1.26 bits per heavy atom. The summed E-state index contributed by atoms with van der Waals surface area (Å²) in [6, 6.07) is 0. The van der Waals surface area contributed by atoms with Crippen LogP contribution in [0, 0.1) is 0 Å². The number of carbonyl (C=O) groups excluding carboxylic acids is 1. The molecule has 0 aromatic heterocycles. The van der Waals surface area contributed by atoms with Crippen LogP contribution in [0.5, 0.6) is 0 Å². The number of hydrogen-bond acceptors (Lipinski definition) is 14. The van der Waals surface area contributed by atoms with Gasteiger partial charge in [-0.25, -0.2) is 4.18 Å². The minimum atomic E-state index is -5.11. The summed E-state index contributed by atoms with van der Waals surface area (Å²) in [6.07, 6.45) is 3.51. The molecule has 2 aliphatic heterocycles. The normalized spacial score (nSPS) is 31.7. The Morgan fingerprint density at radius 1 is 0.739 bits per heavy atom. The molecule has 272 valence electrons. The molecule has 2 saturated heterocycles. The van der Waals surface area contributed by atoms with Crippen LogP contribution in [0.3, 0.4) is 0 Å². The van der Waals surface area contributed by atoms with Gasteiger partial charge in [-0.15, -0.1) is 0 Å². The number of hydrogen-bond donors (Lipinski definition) is 7. The van der Waals surface area contributed by atoms with Crippen LogP contribution in [0.4, 0.5) is 0 Å². The molecule has 2 rings (SSSR count). The van der Waals surface area contributed by atoms with Gasteiger partial charge in [0.05, 0.1) is 6.61 Å². The van der Waals surface area contributed by atoms with Crippen LogP contribution in [0.2, 0.25) is 0 Å². The van der Waals surface area contributed by atoms with E-state index < -0.39 is 91.0 Å². The minimum Gasteiger partial charge on any atom is -0.463 e. The van der Waals surface area contributed by atoms with Gasteiger partial charge in [-0.1, -0.05) is 96.8 Å². The van der Waals surface area contributed by atoms with E-state index in [4.69, 9.17) is 23.5 Å². The molecule has 0 saturated carbocycles. The Hall–Kier alpha value is -1.02. The molecular weight excluding hydrogens is 632 g/mol. The third-order valence-corrected chi connectivity index (χ3v) is 8.89. The molecule has 0 bridgehead atoms. The maximum absolute atomic E-state index is 12.3. The molecule has 0 spiro atoms. The fraction of sp³-hybridized carbons (Fsp3) is 0.967. The molecule has 0 aromatic rings. The Balaban J connectivity index is 1.72. The van der Waals surface area contributed by atoms with E-state index in [1.54, 1.807) is 0 Å². The summed E-state index contributed by atoms with van der Waals surface area (Å²) < 4.78 is 57.0. The predicted octanol–water partition coefficient (Wildman–Crippen LogP) is 1.24. The van der Waals surface area contributed by atoms with Crippen LogP contribution in [0.25, 0.3) is 0 Å². The van der Waals surface area contributed by atoms with Crippen LogP contribution in [0.15, 0.2) is 0 Å². The van der Waals surface area contributed by atoms with Crippen molar-refractivity contribution in [1.29, 1.82) is 0 Å². The Labute approximate surface area is 272 Å². The maximum atomic E-state index is 12.3. The molecule has 2 fully saturated rings. The fourth-order valence-electron chi connectivity index (χ4n) is 5.65. The molecule has 0 radical (unpaired) electrons. The van der Waals surface area contributed by atoms with E-state index in [1.807, 2.05) is 0 Å². The third kappa shape index (κ3) is 13.8. The third-order valence-electron chi connectivity index (χ3n) is 8.47. The van der Waals surface area contributed by atoms with Crippen molar-refractivity contribution >= 4 is 16.4 Å². The van der Waals surface area contributed by atoms with Crippen molar-refractivity contribution in [1.82, 2.24) is 0 Å². The molecule has 7 N–H and O–H groups in total. The maximum Gasteiger partial charge on any atom is 0.397 e. The van der Waals surface area contributed by atoms with Crippen LogP contribution in [-0.2, 0) is 38.3 Å². The topological polar surface area (TPSA) is 239 Å². The van der Waals surface area contributed by atoms with Crippen LogP contribution in [-0.4, -0.2) is 124 Å². The van der Waals surface area contributed by atoms with E-state index in [2.05, 4.69) is 11.1 Å². The molecule has 2 heterocycles. The van der Waals surface area contributed by atoms with E-state index in [0.29, 0.717) is 6.42 Å². The molecule has 16 heteroatoms. The molecule has 2 aliphatic rings. The number of aliphatic hydroxyl groups is 6. The second-order valence-corrected chi connectivity index (χ2v) is 13.4. The first-order chi connectivity index (χ1) is 21.8. The van der Waals surface area contributed by atoms with Crippen LogP contribution < -0.4 is 0 Å². The summed E-state index contributed by atoms with van der Waals surface area (Å²) in [6.45, 7) is -0.415. The molecule has 9 atom stereocenters. The summed E-state index contributed by atoms with van der Waals surface area (Å²) in [5, 5.41) is 61.4. The van der Waals surface area contributed by atoms with Gasteiger partial charge in [0, 0.05) is 6.42 Å². The van der Waals surface area contributed by atoms with Gasteiger partial charge in [0.25, 0.3) is 0 Å². The Bertz CT molecular complexity index is 953. The van der Waals surface area contributed by atoms with Crippen molar-refractivity contribution in [3.05, 3.63) is 0 Å². The lowest BCUT2D eigenvalue weighted by molar-refractivity contribution is -0.382. The number of rotatable bonds is 24. The Morgan fingerprint density at radius 3 is 1.74 bits per heavy atom. The van der Waals surface area contributed by atoms with Crippen molar-refractivity contribution in [3.63, 3.8) is 0 Å². The van der Waals surface area contributed by atoms with E-state index in [9.17, 15) is 43.9 Å². The molecule has 46 heavy (non-hydrogen) atoms. The Kier molecular flexibility index (Phi) is 18.9. The number of aliphatic hydroxyl groups excluding tert-OH is 6. The fourth-order valence-corrected chi connectivity index (χ4v) is 5.96. The quantitative estimate of drug-likeness (QED) is 0.0429. The van der Waals surface area contributed by atoms with Gasteiger partial charge in [0.2, 0.25) is 5.79 Å². The first-order valence-corrected chi connectivity index (χ1v) is 18.0. The molecule has 0 aliphatic carbocycles. The summed E-state index contributed by atoms with van der Waals surface area (Å²) in [5.74, 6) is -3.18. The van der Waals surface area contributed by atoms with Gasteiger partial charge in [0.1, 0.15) is 55.9 Å². The number of esters is 1. The molecule has 0 amide bonds. The van der Waals surface area contributed by atoms with Gasteiger partial charge in [-0.05, 0) is 6.42 Å². The molecule has 0 unspecified atom stereocenters. The SMILES string of the molecule is CCCCCCCCCCCCCCCCCC(=O)OC[C@H]1O[C@H](O[C@]2(COS(=O)(=O)O)O[C@H](CO)[C@@H](O)[C@@H]2O)[C@H](O)[C@@H](O)[C@@H]1O. The highest BCUT2D eigenvalue weighted by atomic mass is 32.3. The number of ether oxygens (including phenoxy) is 4. The van der Waals surface area contributed by atoms with Gasteiger partial charge >= 0.3 is 16.4 Å². The number of carbonyl (C=O) groups is 1. The monoisotopic (exact) mass is 688 g/mol. The first kappa shape index (κ1) is 41.2. The zero-order valence-corrected chi connectivity index (χ0v) is 27.7. The summed E-state index contributed by atoms with van der Waals surface area (Å²) in [5.41, 5.74) is 0. The zero-order valence-electron chi connectivity index (χ0n) is 26.9. The minimum absolute atomic E-state index is 0.128. The van der Waals surface area contributed by atoms with Crippen molar-refractivity contribution in [3.8, 4) is 0 Å². The van der Waals surface area contributed by atoms with E-state index in [0.717, 1.165) is 19.3 Å². The molecule has 15 nitrogen and oxygen atoms in total. The second kappa shape index (κ2) is 21.1. The highest BCUT2D eigenvalue weighted by Crippen LogP contribution is 2.37. The average Bonchev–Trinajstić information content (AvgIpc) is 3.26. The predicted molar refractivity (Wildman–Crippen MR) is 162 cm³/mol. The second-order valence-electron chi connectivity index (χ2n) is 12.3. The smallest absolute Gasteiger partial charge is 0.397 e. The highest BCUT2D eigenvalue weighted by Gasteiger charge is 2.59. The molecule has 0 aromatic carbocycles. The lowest BCUT2D eigenvalue weighted by Gasteiger charge is -2.43. The van der Waals surface area contributed by atoms with Crippen molar-refractivity contribution in [2.75, 3.05) is 19.8 Å². The van der Waals surface area contributed by atoms with E-state index >= 15 is 0 Å². The van der Waals surface area contributed by atoms with Gasteiger partial charge in [0.15, 0.2) is 6.29 Å².